The van der Waals surface area contributed by atoms with E-state index >= 15 is 0 Å². The lowest BCUT2D eigenvalue weighted by molar-refractivity contribution is -0.117. The van der Waals surface area contributed by atoms with Gasteiger partial charge in [-0.2, -0.15) is 4.31 Å². The van der Waals surface area contributed by atoms with Gasteiger partial charge in [0.15, 0.2) is 0 Å². The molecule has 10 heteroatoms. The van der Waals surface area contributed by atoms with Gasteiger partial charge < -0.3 is 15.0 Å². The highest BCUT2D eigenvalue weighted by Gasteiger charge is 2.28. The number of rotatable bonds is 5. The maximum atomic E-state index is 14.4. The van der Waals surface area contributed by atoms with Crippen LogP contribution in [-0.4, -0.2) is 57.4 Å². The van der Waals surface area contributed by atoms with Gasteiger partial charge >= 0.3 is 0 Å². The number of hydrogen-bond acceptors (Lipinski definition) is 5. The number of halogens is 1. The van der Waals surface area contributed by atoms with Crippen molar-refractivity contribution in [2.24, 2.45) is 0 Å². The van der Waals surface area contributed by atoms with Crippen LogP contribution in [0.15, 0.2) is 47.4 Å². The largest absolute Gasteiger partial charge is 0.379 e. The number of anilines is 2. The van der Waals surface area contributed by atoms with Gasteiger partial charge in [-0.15, -0.1) is 0 Å². The summed E-state index contributed by atoms with van der Waals surface area (Å²) in [7, 11) is -3.87. The normalized spacial score (nSPS) is 17.7. The van der Waals surface area contributed by atoms with Crippen LogP contribution in [0.1, 0.15) is 23.2 Å². The molecule has 0 radical (unpaired) electrons. The first-order valence-electron chi connectivity index (χ1n) is 9.95. The second kappa shape index (κ2) is 8.74. The standard InChI is InChI=1S/C21H22FN3O5S/c22-19-7-6-17(31(28,29)24-9-11-30-12-10-24)14-18(19)21(27)23-15-3-1-4-16(13-15)25-8-2-5-20(25)26/h1,3-4,6-7,13-14H,2,5,8-12H2,(H,23,27). The molecule has 2 aromatic carbocycles. The van der Waals surface area contributed by atoms with Crippen LogP contribution in [0.3, 0.4) is 0 Å². The van der Waals surface area contributed by atoms with Crippen LogP contribution in [0.5, 0.6) is 0 Å². The molecule has 0 spiro atoms. The third-order valence-corrected chi connectivity index (χ3v) is 7.17. The number of carbonyl (C=O) groups excluding carboxylic acids is 2. The lowest BCUT2D eigenvalue weighted by Gasteiger charge is -2.26. The van der Waals surface area contributed by atoms with Crippen molar-refractivity contribution in [1.82, 2.24) is 4.31 Å². The third kappa shape index (κ3) is 4.46. The molecule has 0 saturated carbocycles. The van der Waals surface area contributed by atoms with Crippen molar-refractivity contribution in [3.8, 4) is 0 Å². The highest BCUT2D eigenvalue weighted by Crippen LogP contribution is 2.25. The summed E-state index contributed by atoms with van der Waals surface area (Å²) in [6, 6.07) is 9.87. The summed E-state index contributed by atoms with van der Waals surface area (Å²) in [5.41, 5.74) is 0.643. The van der Waals surface area contributed by atoms with Crippen molar-refractivity contribution in [3.63, 3.8) is 0 Å². The number of morpholine rings is 1. The first-order valence-corrected chi connectivity index (χ1v) is 11.4. The number of sulfonamides is 1. The first-order chi connectivity index (χ1) is 14.9. The van der Waals surface area contributed by atoms with Gasteiger partial charge in [0.25, 0.3) is 5.91 Å². The van der Waals surface area contributed by atoms with Crippen molar-refractivity contribution >= 4 is 33.2 Å². The van der Waals surface area contributed by atoms with E-state index in [-0.39, 0.29) is 42.7 Å². The Morgan fingerprint density at radius 1 is 1.06 bits per heavy atom. The Kier molecular flexibility index (Phi) is 6.03. The number of benzene rings is 2. The molecule has 0 aromatic heterocycles. The molecule has 1 N–H and O–H groups in total. The van der Waals surface area contributed by atoms with Gasteiger partial charge in [-0.3, -0.25) is 9.59 Å². The smallest absolute Gasteiger partial charge is 0.258 e. The number of hydrogen-bond donors (Lipinski definition) is 1. The lowest BCUT2D eigenvalue weighted by atomic mass is 10.2. The van der Waals surface area contributed by atoms with Crippen LogP contribution in [0.25, 0.3) is 0 Å². The SMILES string of the molecule is O=C(Nc1cccc(N2CCCC2=O)c1)c1cc(S(=O)(=O)N2CCOCC2)ccc1F. The number of carbonyl (C=O) groups is 2. The quantitative estimate of drug-likeness (QED) is 0.758. The minimum atomic E-state index is -3.87. The van der Waals surface area contributed by atoms with E-state index in [0.29, 0.717) is 24.3 Å². The maximum absolute atomic E-state index is 14.4. The fourth-order valence-corrected chi connectivity index (χ4v) is 5.08. The summed E-state index contributed by atoms with van der Waals surface area (Å²) >= 11 is 0. The summed E-state index contributed by atoms with van der Waals surface area (Å²) in [5, 5.41) is 2.59. The minimum absolute atomic E-state index is 0.00976. The van der Waals surface area contributed by atoms with Crippen molar-refractivity contribution < 1.29 is 27.1 Å². The number of ether oxygens (including phenoxy) is 1. The molecule has 0 atom stereocenters. The van der Waals surface area contributed by atoms with Crippen molar-refractivity contribution in [1.29, 1.82) is 0 Å². The molecule has 2 aliphatic rings. The van der Waals surface area contributed by atoms with E-state index in [0.717, 1.165) is 24.6 Å². The highest BCUT2D eigenvalue weighted by molar-refractivity contribution is 7.89. The molecule has 2 saturated heterocycles. The molecule has 2 heterocycles. The molecule has 8 nitrogen and oxygen atoms in total. The van der Waals surface area contributed by atoms with Crippen molar-refractivity contribution in [2.45, 2.75) is 17.7 Å². The van der Waals surface area contributed by atoms with Gasteiger partial charge in [0.1, 0.15) is 5.82 Å². The monoisotopic (exact) mass is 447 g/mol. The molecular weight excluding hydrogens is 425 g/mol. The van der Waals surface area contributed by atoms with E-state index < -0.39 is 21.7 Å². The Morgan fingerprint density at radius 2 is 1.84 bits per heavy atom. The van der Waals surface area contributed by atoms with Crippen molar-refractivity contribution in [2.75, 3.05) is 43.1 Å². The zero-order valence-electron chi connectivity index (χ0n) is 16.7. The third-order valence-electron chi connectivity index (χ3n) is 5.28. The van der Waals surface area contributed by atoms with Crippen molar-refractivity contribution in [3.05, 3.63) is 53.8 Å². The zero-order chi connectivity index (χ0) is 22.0. The zero-order valence-corrected chi connectivity index (χ0v) is 17.5. The lowest BCUT2D eigenvalue weighted by Crippen LogP contribution is -2.40. The van der Waals surface area contributed by atoms with Crippen LogP contribution < -0.4 is 10.2 Å². The number of nitrogens with zero attached hydrogens (tertiary/aromatic N) is 2. The van der Waals surface area contributed by atoms with Crippen LogP contribution in [0.2, 0.25) is 0 Å². The van der Waals surface area contributed by atoms with Gasteiger partial charge in [0.05, 0.1) is 23.7 Å². The Labute approximate surface area is 179 Å². The summed E-state index contributed by atoms with van der Waals surface area (Å²) in [5.74, 6) is -1.60. The average Bonchev–Trinajstić information content (AvgIpc) is 3.20. The fourth-order valence-electron chi connectivity index (χ4n) is 3.65. The predicted molar refractivity (Wildman–Crippen MR) is 112 cm³/mol. The topological polar surface area (TPSA) is 96.0 Å². The van der Waals surface area contributed by atoms with E-state index in [4.69, 9.17) is 4.74 Å². The summed E-state index contributed by atoms with van der Waals surface area (Å²) in [4.78, 5) is 26.2. The van der Waals surface area contributed by atoms with E-state index in [1.54, 1.807) is 29.2 Å². The fraction of sp³-hybridized carbons (Fsp3) is 0.333. The molecule has 164 valence electrons. The molecule has 2 aliphatic heterocycles. The van der Waals surface area contributed by atoms with Crippen LogP contribution in [-0.2, 0) is 19.6 Å². The summed E-state index contributed by atoms with van der Waals surface area (Å²) in [6.45, 7) is 1.56. The maximum Gasteiger partial charge on any atom is 0.258 e. The minimum Gasteiger partial charge on any atom is -0.379 e. The van der Waals surface area contributed by atoms with E-state index in [1.165, 1.54) is 4.31 Å². The molecular formula is C21H22FN3O5S. The highest BCUT2D eigenvalue weighted by atomic mass is 32.2. The van der Waals surface area contributed by atoms with Gasteiger partial charge in [0.2, 0.25) is 15.9 Å². The number of nitrogens with one attached hydrogen (secondary N) is 1. The second-order valence-electron chi connectivity index (χ2n) is 7.31. The Balaban J connectivity index is 1.56. The predicted octanol–water partition coefficient (Wildman–Crippen LogP) is 2.23. The first kappa shape index (κ1) is 21.4. The molecule has 4 rings (SSSR count). The Hall–Kier alpha value is -2.82. The molecule has 0 bridgehead atoms. The molecule has 2 aromatic rings. The van der Waals surface area contributed by atoms with Crippen LogP contribution in [0, 0.1) is 5.82 Å². The van der Waals surface area contributed by atoms with Gasteiger partial charge in [0, 0.05) is 37.4 Å². The summed E-state index contributed by atoms with van der Waals surface area (Å²) in [6.07, 6.45) is 1.25. The molecule has 2 amide bonds. The Morgan fingerprint density at radius 3 is 2.55 bits per heavy atom. The average molecular weight is 447 g/mol. The number of amides is 2. The van der Waals surface area contributed by atoms with Gasteiger partial charge in [-0.25, -0.2) is 12.8 Å². The second-order valence-corrected chi connectivity index (χ2v) is 9.25. The van der Waals surface area contributed by atoms with E-state index in [2.05, 4.69) is 5.32 Å². The van der Waals surface area contributed by atoms with Gasteiger partial charge in [-0.1, -0.05) is 6.07 Å². The molecule has 2 fully saturated rings. The molecule has 31 heavy (non-hydrogen) atoms. The van der Waals surface area contributed by atoms with Crippen LogP contribution >= 0.6 is 0 Å². The molecule has 0 unspecified atom stereocenters. The van der Waals surface area contributed by atoms with E-state index in [1.807, 2.05) is 0 Å². The van der Waals surface area contributed by atoms with Crippen LogP contribution in [0.4, 0.5) is 15.8 Å². The van der Waals surface area contributed by atoms with Gasteiger partial charge in [-0.05, 0) is 42.8 Å². The molecule has 0 aliphatic carbocycles. The summed E-state index contributed by atoms with van der Waals surface area (Å²) < 4.78 is 46.5. The van der Waals surface area contributed by atoms with E-state index in [9.17, 15) is 22.4 Å². The Bertz CT molecular complexity index is 1120.